The van der Waals surface area contributed by atoms with Crippen LogP contribution in [0.25, 0.3) is 0 Å². The lowest BCUT2D eigenvalue weighted by atomic mass is 9.82. The fourth-order valence-electron chi connectivity index (χ4n) is 3.91. The molecule has 3 heterocycles. The van der Waals surface area contributed by atoms with Crippen LogP contribution >= 0.6 is 0 Å². The standard InChI is InChI=1S/C17H24N4O6/c1-3-18-17(26)27-7-12-19-5-9(6-20-12)10-4-11-13(8(2)22)15(23)21(11)14(10)16(24)25/h8-9,11,13,22H,3-7H2,1-2H3,(H,18,26)(H,19,20)(H,24,25). The number of amidine groups is 1. The molecule has 27 heavy (non-hydrogen) atoms. The molecule has 4 unspecified atom stereocenters. The number of rotatable bonds is 6. The van der Waals surface area contributed by atoms with Crippen LogP contribution in [0, 0.1) is 11.8 Å². The van der Waals surface area contributed by atoms with Gasteiger partial charge < -0.3 is 30.5 Å². The van der Waals surface area contributed by atoms with Gasteiger partial charge in [0.05, 0.1) is 18.1 Å². The van der Waals surface area contributed by atoms with Crippen LogP contribution < -0.4 is 10.6 Å². The number of carbonyl (C=O) groups is 3. The molecule has 4 atom stereocenters. The van der Waals surface area contributed by atoms with E-state index in [9.17, 15) is 24.6 Å². The van der Waals surface area contributed by atoms with E-state index in [0.717, 1.165) is 0 Å². The van der Waals surface area contributed by atoms with Gasteiger partial charge in [0.1, 0.15) is 11.5 Å². The van der Waals surface area contributed by atoms with E-state index in [1.807, 2.05) is 0 Å². The second-order valence-electron chi connectivity index (χ2n) is 6.90. The van der Waals surface area contributed by atoms with E-state index >= 15 is 0 Å². The van der Waals surface area contributed by atoms with Crippen LogP contribution in [0.2, 0.25) is 0 Å². The zero-order valence-electron chi connectivity index (χ0n) is 15.3. The second-order valence-corrected chi connectivity index (χ2v) is 6.90. The highest BCUT2D eigenvalue weighted by Gasteiger charge is 2.57. The highest BCUT2D eigenvalue weighted by molar-refractivity contribution is 6.00. The Morgan fingerprint density at radius 1 is 1.48 bits per heavy atom. The summed E-state index contributed by atoms with van der Waals surface area (Å²) in [6, 6.07) is -0.301. The third-order valence-corrected chi connectivity index (χ3v) is 5.17. The SMILES string of the molecule is CCNC(=O)OCC1=NCC(C2=C(C(=O)O)N3C(=O)C(C(C)O)C3C2)CN1. The van der Waals surface area contributed by atoms with Crippen LogP contribution in [-0.2, 0) is 14.3 Å². The third kappa shape index (κ3) is 3.48. The van der Waals surface area contributed by atoms with Crippen molar-refractivity contribution in [2.75, 3.05) is 26.2 Å². The van der Waals surface area contributed by atoms with Gasteiger partial charge in [-0.1, -0.05) is 0 Å². The van der Waals surface area contributed by atoms with Gasteiger partial charge in [-0.05, 0) is 25.8 Å². The number of carbonyl (C=O) groups excluding carboxylic acids is 2. The van der Waals surface area contributed by atoms with Gasteiger partial charge in [0.25, 0.3) is 0 Å². The number of aliphatic carboxylic acids is 1. The number of carboxylic acid groups (broad SMARTS) is 1. The predicted molar refractivity (Wildman–Crippen MR) is 93.9 cm³/mol. The molecule has 10 heteroatoms. The number of amides is 2. The van der Waals surface area contributed by atoms with Gasteiger partial charge in [-0.25, -0.2) is 9.59 Å². The van der Waals surface area contributed by atoms with Gasteiger partial charge in [-0.3, -0.25) is 9.79 Å². The summed E-state index contributed by atoms with van der Waals surface area (Å²) < 4.78 is 5.01. The molecule has 3 aliphatic rings. The number of aliphatic imine (C=N–C) groups is 1. The minimum atomic E-state index is -1.14. The van der Waals surface area contributed by atoms with Gasteiger partial charge in [-0.15, -0.1) is 0 Å². The highest BCUT2D eigenvalue weighted by Crippen LogP contribution is 2.45. The van der Waals surface area contributed by atoms with Crippen LogP contribution in [0.3, 0.4) is 0 Å². The summed E-state index contributed by atoms with van der Waals surface area (Å²) in [7, 11) is 0. The Labute approximate surface area is 156 Å². The first kappa shape index (κ1) is 19.2. The van der Waals surface area contributed by atoms with Crippen LogP contribution in [0.5, 0.6) is 0 Å². The van der Waals surface area contributed by atoms with Gasteiger partial charge in [0, 0.05) is 25.6 Å². The summed E-state index contributed by atoms with van der Waals surface area (Å²) in [6.07, 6.45) is -0.910. The molecule has 3 aliphatic heterocycles. The number of ether oxygens (including phenoxy) is 1. The summed E-state index contributed by atoms with van der Waals surface area (Å²) in [5, 5.41) is 25.0. The fourth-order valence-corrected chi connectivity index (χ4v) is 3.91. The van der Waals surface area contributed by atoms with Crippen LogP contribution in [-0.4, -0.2) is 77.3 Å². The average molecular weight is 380 g/mol. The van der Waals surface area contributed by atoms with Crippen LogP contribution in [0.15, 0.2) is 16.3 Å². The maximum atomic E-state index is 12.3. The minimum Gasteiger partial charge on any atom is -0.477 e. The molecule has 3 rings (SSSR count). The number of nitrogens with one attached hydrogen (secondary N) is 2. The number of β-lactam (4-membered cyclic amide) rings is 1. The van der Waals surface area contributed by atoms with Crippen LogP contribution in [0.1, 0.15) is 20.3 Å². The summed E-state index contributed by atoms with van der Waals surface area (Å²) in [6.45, 7) is 4.61. The largest absolute Gasteiger partial charge is 0.477 e. The molecule has 0 aliphatic carbocycles. The van der Waals surface area contributed by atoms with Crippen molar-refractivity contribution in [3.63, 3.8) is 0 Å². The van der Waals surface area contributed by atoms with Crippen molar-refractivity contribution < 1.29 is 29.3 Å². The quantitative estimate of drug-likeness (QED) is 0.447. The summed E-state index contributed by atoms with van der Waals surface area (Å²) in [5.41, 5.74) is 0.690. The molecule has 0 aromatic rings. The van der Waals surface area contributed by atoms with E-state index in [0.29, 0.717) is 37.5 Å². The van der Waals surface area contributed by atoms with Crippen molar-refractivity contribution in [2.45, 2.75) is 32.4 Å². The molecule has 0 bridgehead atoms. The first-order chi connectivity index (χ1) is 12.8. The van der Waals surface area contributed by atoms with Gasteiger partial charge in [-0.2, -0.15) is 0 Å². The highest BCUT2D eigenvalue weighted by atomic mass is 16.5. The van der Waals surface area contributed by atoms with Crippen molar-refractivity contribution in [1.82, 2.24) is 15.5 Å². The van der Waals surface area contributed by atoms with Crippen molar-refractivity contribution in [1.29, 1.82) is 0 Å². The molecule has 0 saturated carbocycles. The van der Waals surface area contributed by atoms with E-state index in [1.165, 1.54) is 4.90 Å². The average Bonchev–Trinajstić information content (AvgIpc) is 2.95. The molecule has 2 amide bonds. The monoisotopic (exact) mass is 380 g/mol. The summed E-state index contributed by atoms with van der Waals surface area (Å²) in [4.78, 5) is 41.0. The number of carboxylic acids is 1. The van der Waals surface area contributed by atoms with E-state index in [1.54, 1.807) is 13.8 Å². The number of hydrogen-bond acceptors (Lipinski definition) is 7. The second kappa shape index (κ2) is 7.55. The van der Waals surface area contributed by atoms with Crippen molar-refractivity contribution in [2.24, 2.45) is 16.8 Å². The molecule has 0 aromatic carbocycles. The molecule has 1 saturated heterocycles. The smallest absolute Gasteiger partial charge is 0.407 e. The maximum absolute atomic E-state index is 12.3. The van der Waals surface area contributed by atoms with Crippen LogP contribution in [0.4, 0.5) is 4.79 Å². The molecular formula is C17H24N4O6. The molecule has 1 fully saturated rings. The number of aliphatic hydroxyl groups is 1. The summed E-state index contributed by atoms with van der Waals surface area (Å²) >= 11 is 0. The molecule has 0 spiro atoms. The van der Waals surface area contributed by atoms with Gasteiger partial charge in [0.15, 0.2) is 6.61 Å². The first-order valence-electron chi connectivity index (χ1n) is 9.00. The summed E-state index contributed by atoms with van der Waals surface area (Å²) in [5.74, 6) is -1.69. The number of hydrogen-bond donors (Lipinski definition) is 4. The third-order valence-electron chi connectivity index (χ3n) is 5.17. The van der Waals surface area contributed by atoms with Crippen molar-refractivity contribution >= 4 is 23.8 Å². The Morgan fingerprint density at radius 2 is 2.22 bits per heavy atom. The Kier molecular flexibility index (Phi) is 5.36. The lowest BCUT2D eigenvalue weighted by Gasteiger charge is -2.44. The topological polar surface area (TPSA) is 141 Å². The Hall–Kier alpha value is -2.62. The Morgan fingerprint density at radius 3 is 2.78 bits per heavy atom. The number of fused-ring (bicyclic) bond motifs is 1. The van der Waals surface area contributed by atoms with E-state index in [2.05, 4.69) is 15.6 Å². The molecule has 0 aromatic heterocycles. The van der Waals surface area contributed by atoms with E-state index < -0.39 is 24.1 Å². The fraction of sp³-hybridized carbons (Fsp3) is 0.647. The van der Waals surface area contributed by atoms with Gasteiger partial charge >= 0.3 is 12.1 Å². The van der Waals surface area contributed by atoms with Gasteiger partial charge in [0.2, 0.25) is 5.91 Å². The number of aliphatic hydroxyl groups excluding tert-OH is 1. The molecule has 4 N–H and O–H groups in total. The minimum absolute atomic E-state index is 0.0146. The Bertz CT molecular complexity index is 716. The van der Waals surface area contributed by atoms with Crippen molar-refractivity contribution in [3.8, 4) is 0 Å². The number of nitrogens with zero attached hydrogens (tertiary/aromatic N) is 2. The lowest BCUT2D eigenvalue weighted by Crippen LogP contribution is -2.61. The molecule has 0 radical (unpaired) electrons. The maximum Gasteiger partial charge on any atom is 0.407 e. The normalized spacial score (nSPS) is 28.0. The molecular weight excluding hydrogens is 356 g/mol. The van der Waals surface area contributed by atoms with E-state index in [-0.39, 0.29) is 30.2 Å². The number of alkyl carbamates (subject to hydrolysis) is 1. The zero-order valence-corrected chi connectivity index (χ0v) is 15.3. The van der Waals surface area contributed by atoms with E-state index in [4.69, 9.17) is 4.74 Å². The van der Waals surface area contributed by atoms with Crippen molar-refractivity contribution in [3.05, 3.63) is 11.3 Å². The Balaban J connectivity index is 1.67. The first-order valence-corrected chi connectivity index (χ1v) is 9.00. The predicted octanol–water partition coefficient (Wildman–Crippen LogP) is -0.699. The lowest BCUT2D eigenvalue weighted by molar-refractivity contribution is -0.161. The zero-order chi connectivity index (χ0) is 19.7. The molecule has 10 nitrogen and oxygen atoms in total. The molecule has 148 valence electrons.